The Hall–Kier alpha value is -1.55. The van der Waals surface area contributed by atoms with Gasteiger partial charge in [0.15, 0.2) is 0 Å². The smallest absolute Gasteiger partial charge is 0.322 e. The number of imide groups is 1. The number of hydrogen-bond donors (Lipinski definition) is 2. The highest BCUT2D eigenvalue weighted by Crippen LogP contribution is 2.39. The summed E-state index contributed by atoms with van der Waals surface area (Å²) in [6.45, 7) is 0. The van der Waals surface area contributed by atoms with Gasteiger partial charge in [0.05, 0.1) is 0 Å². The third-order valence-corrected chi connectivity index (χ3v) is 4.45. The third kappa shape index (κ3) is 2.21. The van der Waals surface area contributed by atoms with Gasteiger partial charge in [0.2, 0.25) is 0 Å². The molecule has 1 spiro atoms. The maximum atomic E-state index is 11.8. The van der Waals surface area contributed by atoms with Gasteiger partial charge in [-0.25, -0.2) is 4.79 Å². The Bertz CT molecular complexity index is 519. The van der Waals surface area contributed by atoms with Crippen molar-refractivity contribution in [3.8, 4) is 0 Å². The Morgan fingerprint density at radius 3 is 2.26 bits per heavy atom. The molecule has 0 atom stereocenters. The molecule has 1 saturated heterocycles. The van der Waals surface area contributed by atoms with Gasteiger partial charge >= 0.3 is 6.03 Å². The molecule has 3 amide bonds. The lowest BCUT2D eigenvalue weighted by atomic mass is 9.74. The fourth-order valence-corrected chi connectivity index (χ4v) is 3.19. The van der Waals surface area contributed by atoms with Gasteiger partial charge in [-0.05, 0) is 49.3 Å². The first-order chi connectivity index (χ1) is 9.09. The van der Waals surface area contributed by atoms with Crippen LogP contribution in [0.3, 0.4) is 0 Å². The first-order valence-electron chi connectivity index (χ1n) is 6.48. The molecule has 19 heavy (non-hydrogen) atoms. The van der Waals surface area contributed by atoms with E-state index in [1.54, 1.807) is 0 Å². The molecule has 1 aromatic carbocycles. The first kappa shape index (κ1) is 12.5. The Morgan fingerprint density at radius 2 is 1.74 bits per heavy atom. The van der Waals surface area contributed by atoms with E-state index in [2.05, 4.69) is 10.6 Å². The molecule has 1 aliphatic heterocycles. The summed E-state index contributed by atoms with van der Waals surface area (Å²) in [6.07, 6.45) is 3.18. The topological polar surface area (TPSA) is 58.2 Å². The lowest BCUT2D eigenvalue weighted by molar-refractivity contribution is -0.125. The highest BCUT2D eigenvalue weighted by molar-refractivity contribution is 6.30. The van der Waals surface area contributed by atoms with E-state index < -0.39 is 5.54 Å². The Morgan fingerprint density at radius 1 is 1.11 bits per heavy atom. The van der Waals surface area contributed by atoms with E-state index in [0.29, 0.717) is 18.8 Å². The fourth-order valence-electron chi connectivity index (χ4n) is 3.06. The molecule has 0 bridgehead atoms. The summed E-state index contributed by atoms with van der Waals surface area (Å²) in [7, 11) is 0. The molecule has 0 unspecified atom stereocenters. The maximum Gasteiger partial charge on any atom is 0.322 e. The summed E-state index contributed by atoms with van der Waals surface area (Å²) < 4.78 is 0. The highest BCUT2D eigenvalue weighted by atomic mass is 35.5. The van der Waals surface area contributed by atoms with Crippen molar-refractivity contribution >= 4 is 23.5 Å². The monoisotopic (exact) mass is 278 g/mol. The zero-order valence-electron chi connectivity index (χ0n) is 10.4. The molecule has 3 rings (SSSR count). The van der Waals surface area contributed by atoms with Crippen LogP contribution >= 0.6 is 11.6 Å². The summed E-state index contributed by atoms with van der Waals surface area (Å²) in [5, 5.41) is 5.85. The van der Waals surface area contributed by atoms with Crippen LogP contribution in [0.15, 0.2) is 24.3 Å². The molecule has 0 aromatic heterocycles. The lowest BCUT2D eigenvalue weighted by Crippen LogP contribution is -2.49. The van der Waals surface area contributed by atoms with Gasteiger partial charge in [-0.2, -0.15) is 0 Å². The quantitative estimate of drug-likeness (QED) is 0.776. The molecule has 4 nitrogen and oxygen atoms in total. The number of halogens is 1. The standard InChI is InChI=1S/C14H15ClN2O2/c15-11-3-1-9(2-4-11)10-5-7-14(8-6-10)12(18)16-13(19)17-14/h1-4,10H,5-8H2,(H2,16,17,18,19)/t10-,14+. The second-order valence-corrected chi connectivity index (χ2v) is 5.75. The molecule has 100 valence electrons. The van der Waals surface area contributed by atoms with Crippen LogP contribution in [-0.4, -0.2) is 17.5 Å². The Balaban J connectivity index is 1.71. The van der Waals surface area contributed by atoms with E-state index in [0.717, 1.165) is 17.9 Å². The van der Waals surface area contributed by atoms with E-state index >= 15 is 0 Å². The van der Waals surface area contributed by atoms with E-state index in [1.807, 2.05) is 24.3 Å². The Labute approximate surface area is 116 Å². The van der Waals surface area contributed by atoms with Gasteiger partial charge in [-0.3, -0.25) is 10.1 Å². The van der Waals surface area contributed by atoms with Crippen molar-refractivity contribution in [1.29, 1.82) is 0 Å². The SMILES string of the molecule is O=C1NC(=O)[C@]2(CC[C@H](c3ccc(Cl)cc3)CC2)N1. The maximum absolute atomic E-state index is 11.8. The number of rotatable bonds is 1. The summed E-state index contributed by atoms with van der Waals surface area (Å²) in [4.78, 5) is 23.1. The molecule has 2 fully saturated rings. The lowest BCUT2D eigenvalue weighted by Gasteiger charge is -2.34. The van der Waals surface area contributed by atoms with Crippen LogP contribution in [0.4, 0.5) is 4.79 Å². The minimum absolute atomic E-state index is 0.174. The van der Waals surface area contributed by atoms with E-state index in [9.17, 15) is 9.59 Å². The molecule has 5 heteroatoms. The highest BCUT2D eigenvalue weighted by Gasteiger charge is 2.48. The predicted octanol–water partition coefficient (Wildman–Crippen LogP) is 2.58. The van der Waals surface area contributed by atoms with Gasteiger partial charge in [0.1, 0.15) is 5.54 Å². The molecule has 1 saturated carbocycles. The average molecular weight is 279 g/mol. The van der Waals surface area contributed by atoms with Crippen molar-refractivity contribution in [2.45, 2.75) is 37.1 Å². The average Bonchev–Trinajstić information content (AvgIpc) is 2.66. The molecule has 1 heterocycles. The predicted molar refractivity (Wildman–Crippen MR) is 72.1 cm³/mol. The number of carbonyl (C=O) groups excluding carboxylic acids is 2. The van der Waals surface area contributed by atoms with Crippen molar-refractivity contribution in [3.63, 3.8) is 0 Å². The van der Waals surface area contributed by atoms with Crippen LogP contribution in [-0.2, 0) is 4.79 Å². The summed E-state index contributed by atoms with van der Waals surface area (Å²) in [6, 6.07) is 7.50. The summed E-state index contributed by atoms with van der Waals surface area (Å²) in [5.41, 5.74) is 0.587. The van der Waals surface area contributed by atoms with Crippen LogP contribution < -0.4 is 10.6 Å². The zero-order valence-corrected chi connectivity index (χ0v) is 11.2. The van der Waals surface area contributed by atoms with Crippen molar-refractivity contribution in [3.05, 3.63) is 34.9 Å². The Kier molecular flexibility index (Phi) is 2.97. The first-order valence-corrected chi connectivity index (χ1v) is 6.86. The van der Waals surface area contributed by atoms with Crippen molar-refractivity contribution in [2.75, 3.05) is 0 Å². The largest absolute Gasteiger partial charge is 0.323 e. The normalized spacial score (nSPS) is 30.3. The van der Waals surface area contributed by atoms with Crippen LogP contribution in [0.25, 0.3) is 0 Å². The second kappa shape index (κ2) is 4.53. The van der Waals surface area contributed by atoms with Crippen molar-refractivity contribution < 1.29 is 9.59 Å². The summed E-state index contributed by atoms with van der Waals surface area (Å²) >= 11 is 5.88. The molecular weight excluding hydrogens is 264 g/mol. The molecule has 1 aliphatic carbocycles. The number of carbonyl (C=O) groups is 2. The van der Waals surface area contributed by atoms with Gasteiger partial charge in [-0.1, -0.05) is 23.7 Å². The number of benzene rings is 1. The molecule has 0 radical (unpaired) electrons. The number of amides is 3. The third-order valence-electron chi connectivity index (χ3n) is 4.20. The van der Waals surface area contributed by atoms with Gasteiger partial charge in [0, 0.05) is 5.02 Å². The van der Waals surface area contributed by atoms with Gasteiger partial charge in [-0.15, -0.1) is 0 Å². The van der Waals surface area contributed by atoms with Crippen LogP contribution in [0.2, 0.25) is 5.02 Å². The zero-order chi connectivity index (χ0) is 13.5. The van der Waals surface area contributed by atoms with E-state index in [-0.39, 0.29) is 11.9 Å². The second-order valence-electron chi connectivity index (χ2n) is 5.32. The van der Waals surface area contributed by atoms with Crippen molar-refractivity contribution in [2.24, 2.45) is 0 Å². The van der Waals surface area contributed by atoms with Gasteiger partial charge in [0.25, 0.3) is 5.91 Å². The van der Waals surface area contributed by atoms with E-state index in [1.165, 1.54) is 5.56 Å². The van der Waals surface area contributed by atoms with Gasteiger partial charge < -0.3 is 5.32 Å². The van der Waals surface area contributed by atoms with Crippen LogP contribution in [0.5, 0.6) is 0 Å². The van der Waals surface area contributed by atoms with Crippen LogP contribution in [0, 0.1) is 0 Å². The number of urea groups is 1. The minimum Gasteiger partial charge on any atom is -0.323 e. The number of nitrogens with one attached hydrogen (secondary N) is 2. The molecule has 2 aliphatic rings. The molecular formula is C14H15ClN2O2. The summed E-state index contributed by atoms with van der Waals surface area (Å²) in [5.74, 6) is 0.264. The molecule has 1 aromatic rings. The van der Waals surface area contributed by atoms with E-state index in [4.69, 9.17) is 11.6 Å². The number of hydrogen-bond acceptors (Lipinski definition) is 2. The van der Waals surface area contributed by atoms with Crippen LogP contribution in [0.1, 0.15) is 37.2 Å². The van der Waals surface area contributed by atoms with Crippen molar-refractivity contribution in [1.82, 2.24) is 10.6 Å². The minimum atomic E-state index is -0.667. The molecule has 2 N–H and O–H groups in total. The fraction of sp³-hybridized carbons (Fsp3) is 0.429.